The van der Waals surface area contributed by atoms with Crippen molar-refractivity contribution in [2.24, 2.45) is 5.73 Å². The van der Waals surface area contributed by atoms with Gasteiger partial charge in [-0.1, -0.05) is 31.9 Å². The summed E-state index contributed by atoms with van der Waals surface area (Å²) in [6.45, 7) is 5.55. The fourth-order valence-electron chi connectivity index (χ4n) is 4.28. The number of allylic oxidation sites excluding steroid dienone is 2. The third kappa shape index (κ3) is 9.92. The van der Waals surface area contributed by atoms with Crippen LogP contribution in [0.5, 0.6) is 11.5 Å². The van der Waals surface area contributed by atoms with Crippen molar-refractivity contribution in [3.63, 3.8) is 0 Å². The first kappa shape index (κ1) is 28.1. The highest BCUT2D eigenvalue weighted by Crippen LogP contribution is 2.34. The van der Waals surface area contributed by atoms with E-state index < -0.39 is 6.10 Å². The first-order chi connectivity index (χ1) is 16.7. The molecule has 35 heavy (non-hydrogen) atoms. The Morgan fingerprint density at radius 2 is 1.80 bits per heavy atom. The van der Waals surface area contributed by atoms with Gasteiger partial charge in [-0.3, -0.25) is 9.59 Å². The number of benzene rings is 1. The van der Waals surface area contributed by atoms with E-state index in [2.05, 4.69) is 12.2 Å². The number of phenolic OH excluding ortho intramolecular Hbond substituents is 1. The van der Waals surface area contributed by atoms with E-state index in [0.29, 0.717) is 43.8 Å². The van der Waals surface area contributed by atoms with Crippen LogP contribution in [0.15, 0.2) is 35.7 Å². The summed E-state index contributed by atoms with van der Waals surface area (Å²) in [6.07, 6.45) is 9.13. The zero-order valence-electron chi connectivity index (χ0n) is 21.4. The smallest absolute Gasteiger partial charge is 0.302 e. The molecule has 8 heteroatoms. The molecule has 1 heterocycles. The van der Waals surface area contributed by atoms with E-state index in [1.54, 1.807) is 6.07 Å². The molecule has 2 rings (SSSR count). The van der Waals surface area contributed by atoms with Gasteiger partial charge in [-0.15, -0.1) is 0 Å². The minimum atomic E-state index is -0.392. The maximum atomic E-state index is 11.8. The van der Waals surface area contributed by atoms with Crippen LogP contribution < -0.4 is 15.8 Å². The van der Waals surface area contributed by atoms with Crippen LogP contribution in [0.3, 0.4) is 0 Å². The molecule has 8 nitrogen and oxygen atoms in total. The van der Waals surface area contributed by atoms with Gasteiger partial charge in [0, 0.05) is 38.8 Å². The summed E-state index contributed by atoms with van der Waals surface area (Å²) in [6, 6.07) is 3.75. The maximum Gasteiger partial charge on any atom is 0.302 e. The summed E-state index contributed by atoms with van der Waals surface area (Å²) >= 11 is 0. The zero-order valence-corrected chi connectivity index (χ0v) is 21.4. The molecule has 194 valence electrons. The molecular weight excluding hydrogens is 448 g/mol. The third-order valence-corrected chi connectivity index (χ3v) is 5.92. The van der Waals surface area contributed by atoms with Crippen LogP contribution in [-0.2, 0) is 31.9 Å². The zero-order chi connectivity index (χ0) is 25.8. The van der Waals surface area contributed by atoms with Crippen molar-refractivity contribution in [1.29, 1.82) is 0 Å². The van der Waals surface area contributed by atoms with Gasteiger partial charge in [-0.2, -0.15) is 0 Å². The lowest BCUT2D eigenvalue weighted by atomic mass is 9.96. The van der Waals surface area contributed by atoms with E-state index in [4.69, 9.17) is 19.9 Å². The number of unbranched alkanes of at least 4 members (excludes halogenated alkanes) is 2. The second-order valence-electron chi connectivity index (χ2n) is 8.98. The Hall–Kier alpha value is -3.16. The maximum absolute atomic E-state index is 11.8. The van der Waals surface area contributed by atoms with Crippen LogP contribution in [0.4, 0.5) is 0 Å². The van der Waals surface area contributed by atoms with Gasteiger partial charge in [0.1, 0.15) is 12.2 Å². The Kier molecular flexibility index (Phi) is 11.5. The fourth-order valence-corrected chi connectivity index (χ4v) is 4.28. The minimum absolute atomic E-state index is 0.102. The number of phenols is 1. The molecule has 0 amide bonds. The van der Waals surface area contributed by atoms with Crippen molar-refractivity contribution >= 4 is 11.9 Å². The van der Waals surface area contributed by atoms with Gasteiger partial charge in [0.25, 0.3) is 0 Å². The van der Waals surface area contributed by atoms with Crippen LogP contribution in [-0.4, -0.2) is 42.9 Å². The molecule has 2 atom stereocenters. The summed E-state index contributed by atoms with van der Waals surface area (Å²) in [5, 5.41) is 13.7. The van der Waals surface area contributed by atoms with Crippen molar-refractivity contribution in [2.45, 2.75) is 84.3 Å². The second kappa shape index (κ2) is 14.3. The standard InChI is InChI=1S/C27H40N2O6/c1-5-6-7-8-23(34-18(2)30)17-24(35-19(3)31)10-9-20-13-22(27(32)25(15-20)33-4)14-21-11-12-29-26(28)16-21/h11,13,15-16,23-24,29,32H,5-10,12,14,17,28H2,1-4H3/t23-,24+/m0/s1. The largest absolute Gasteiger partial charge is 0.504 e. The molecule has 0 bridgehead atoms. The number of methoxy groups -OCH3 is 1. The third-order valence-electron chi connectivity index (χ3n) is 5.92. The minimum Gasteiger partial charge on any atom is -0.504 e. The first-order valence-electron chi connectivity index (χ1n) is 12.3. The number of esters is 2. The molecule has 1 aromatic rings. The molecule has 0 fully saturated rings. The second-order valence-corrected chi connectivity index (χ2v) is 8.98. The predicted octanol–water partition coefficient (Wildman–Crippen LogP) is 4.04. The normalized spacial score (nSPS) is 14.7. The molecule has 1 aliphatic heterocycles. The highest BCUT2D eigenvalue weighted by atomic mass is 16.6. The molecule has 0 spiro atoms. The van der Waals surface area contributed by atoms with Crippen molar-refractivity contribution in [3.8, 4) is 11.5 Å². The van der Waals surface area contributed by atoms with E-state index in [1.807, 2.05) is 18.2 Å². The number of hydrogen-bond acceptors (Lipinski definition) is 8. The molecule has 0 unspecified atom stereocenters. The fraction of sp³-hybridized carbons (Fsp3) is 0.556. The molecular formula is C27H40N2O6. The number of carbonyl (C=O) groups excluding carboxylic acids is 2. The van der Waals surface area contributed by atoms with Gasteiger partial charge < -0.3 is 30.4 Å². The Balaban J connectivity index is 2.16. The number of dihydropyridines is 1. The monoisotopic (exact) mass is 488 g/mol. The Morgan fingerprint density at radius 3 is 2.40 bits per heavy atom. The summed E-state index contributed by atoms with van der Waals surface area (Å²) in [4.78, 5) is 23.4. The van der Waals surface area contributed by atoms with Crippen LogP contribution in [0, 0.1) is 0 Å². The average molecular weight is 489 g/mol. The van der Waals surface area contributed by atoms with Gasteiger partial charge in [0.2, 0.25) is 0 Å². The summed E-state index contributed by atoms with van der Waals surface area (Å²) in [5.74, 6) is 0.394. The predicted molar refractivity (Wildman–Crippen MR) is 135 cm³/mol. The summed E-state index contributed by atoms with van der Waals surface area (Å²) < 4.78 is 16.5. The number of ether oxygens (including phenoxy) is 3. The summed E-state index contributed by atoms with van der Waals surface area (Å²) in [5.41, 5.74) is 8.57. The Morgan fingerprint density at radius 1 is 1.11 bits per heavy atom. The van der Waals surface area contributed by atoms with Gasteiger partial charge in [0.05, 0.1) is 12.9 Å². The van der Waals surface area contributed by atoms with Crippen molar-refractivity contribution < 1.29 is 28.9 Å². The van der Waals surface area contributed by atoms with Crippen molar-refractivity contribution in [2.75, 3.05) is 13.7 Å². The number of hydrogen-bond donors (Lipinski definition) is 3. The lowest BCUT2D eigenvalue weighted by molar-refractivity contribution is -0.153. The molecule has 0 saturated carbocycles. The van der Waals surface area contributed by atoms with E-state index >= 15 is 0 Å². The van der Waals surface area contributed by atoms with E-state index in [0.717, 1.165) is 42.4 Å². The van der Waals surface area contributed by atoms with E-state index in [-0.39, 0.29) is 23.8 Å². The molecule has 1 aliphatic rings. The number of nitrogens with two attached hydrogens (primary N) is 1. The topological polar surface area (TPSA) is 120 Å². The van der Waals surface area contributed by atoms with Gasteiger partial charge in [0.15, 0.2) is 11.5 Å². The number of aryl methyl sites for hydroxylation is 1. The number of nitrogens with one attached hydrogen (secondary N) is 1. The number of rotatable bonds is 14. The van der Waals surface area contributed by atoms with Crippen LogP contribution in [0.1, 0.15) is 70.4 Å². The molecule has 0 aliphatic carbocycles. The molecule has 0 saturated heterocycles. The van der Waals surface area contributed by atoms with Crippen LogP contribution >= 0.6 is 0 Å². The molecule has 1 aromatic carbocycles. The van der Waals surface area contributed by atoms with Crippen LogP contribution in [0.2, 0.25) is 0 Å². The Bertz CT molecular complexity index is 924. The lowest BCUT2D eigenvalue weighted by Gasteiger charge is -2.24. The molecule has 4 N–H and O–H groups in total. The molecule has 0 radical (unpaired) electrons. The highest BCUT2D eigenvalue weighted by Gasteiger charge is 2.22. The van der Waals surface area contributed by atoms with Crippen LogP contribution in [0.25, 0.3) is 0 Å². The molecule has 0 aromatic heterocycles. The van der Waals surface area contributed by atoms with E-state index in [1.165, 1.54) is 21.0 Å². The van der Waals surface area contributed by atoms with E-state index in [9.17, 15) is 14.7 Å². The average Bonchev–Trinajstić information content (AvgIpc) is 2.78. The Labute approximate surface area is 208 Å². The first-order valence-corrected chi connectivity index (χ1v) is 12.3. The summed E-state index contributed by atoms with van der Waals surface area (Å²) in [7, 11) is 1.52. The highest BCUT2D eigenvalue weighted by molar-refractivity contribution is 5.66. The van der Waals surface area contributed by atoms with Gasteiger partial charge in [-0.05, 0) is 49.0 Å². The van der Waals surface area contributed by atoms with Crippen molar-refractivity contribution in [1.82, 2.24) is 5.32 Å². The number of carbonyl (C=O) groups is 2. The quantitative estimate of drug-likeness (QED) is 0.265. The number of aromatic hydroxyl groups is 1. The van der Waals surface area contributed by atoms with Crippen molar-refractivity contribution in [3.05, 3.63) is 46.8 Å². The SMILES string of the molecule is CCCCC[C@@H](C[C@@H](CCc1cc(CC2=CCNC(N)=C2)c(O)c(OC)c1)OC(C)=O)OC(C)=O. The lowest BCUT2D eigenvalue weighted by Crippen LogP contribution is -2.27. The van der Waals surface area contributed by atoms with Gasteiger partial charge >= 0.3 is 11.9 Å². The van der Waals surface area contributed by atoms with Gasteiger partial charge in [-0.25, -0.2) is 0 Å².